The van der Waals surface area contributed by atoms with E-state index >= 15 is 0 Å². The van der Waals surface area contributed by atoms with E-state index in [2.05, 4.69) is 10.5 Å². The number of methoxy groups -OCH3 is 2. The minimum atomic E-state index is -0.675. The summed E-state index contributed by atoms with van der Waals surface area (Å²) >= 11 is 0. The molecule has 0 aliphatic heterocycles. The Morgan fingerprint density at radius 1 is 1.11 bits per heavy atom. The summed E-state index contributed by atoms with van der Waals surface area (Å²) in [5.74, 6) is 0.931. The Morgan fingerprint density at radius 3 is 2.56 bits per heavy atom. The summed E-state index contributed by atoms with van der Waals surface area (Å²) in [5, 5.41) is 6.25. The number of carbonyl (C=O) groups excluding carboxylic acids is 2. The molecule has 146 valence electrons. The number of carbonyl (C=O) groups is 2. The molecule has 0 aliphatic rings. The van der Waals surface area contributed by atoms with E-state index in [0.717, 1.165) is 5.56 Å². The third-order valence-electron chi connectivity index (χ3n) is 3.49. The van der Waals surface area contributed by atoms with Gasteiger partial charge in [0.1, 0.15) is 5.76 Å². The molecule has 0 unspecified atom stereocenters. The smallest absolute Gasteiger partial charge is 0.344 e. The molecule has 1 N–H and O–H groups in total. The Morgan fingerprint density at radius 2 is 1.89 bits per heavy atom. The molecule has 0 saturated heterocycles. The van der Waals surface area contributed by atoms with Crippen LogP contribution in [0.1, 0.15) is 11.3 Å². The summed E-state index contributed by atoms with van der Waals surface area (Å²) in [6, 6.07) is 7.06. The standard InChI is InChI=1S/C18H22N2O7/c1-12-8-17(20-27-12)25-11-18(22)26-10-16(21)19-7-6-13-4-5-14(23-2)15(9-13)24-3/h4-5,8-9H,6-7,10-11H2,1-3H3,(H,19,21). The second-order valence-corrected chi connectivity index (χ2v) is 5.51. The first-order valence-corrected chi connectivity index (χ1v) is 8.21. The highest BCUT2D eigenvalue weighted by Crippen LogP contribution is 2.27. The fraction of sp³-hybridized carbons (Fsp3) is 0.389. The van der Waals surface area contributed by atoms with Gasteiger partial charge >= 0.3 is 5.97 Å². The third-order valence-corrected chi connectivity index (χ3v) is 3.49. The lowest BCUT2D eigenvalue weighted by atomic mass is 10.1. The van der Waals surface area contributed by atoms with Gasteiger partial charge in [-0.1, -0.05) is 6.07 Å². The van der Waals surface area contributed by atoms with E-state index in [9.17, 15) is 9.59 Å². The number of hydrogen-bond acceptors (Lipinski definition) is 8. The number of nitrogens with zero attached hydrogens (tertiary/aromatic N) is 1. The van der Waals surface area contributed by atoms with Gasteiger partial charge in [0.15, 0.2) is 24.7 Å². The molecule has 0 fully saturated rings. The molecule has 1 amide bonds. The predicted octanol–water partition coefficient (Wildman–Crippen LogP) is 1.28. The van der Waals surface area contributed by atoms with Crippen molar-refractivity contribution in [2.24, 2.45) is 0 Å². The lowest BCUT2D eigenvalue weighted by molar-refractivity contribution is -0.150. The number of hydrogen-bond donors (Lipinski definition) is 1. The maximum Gasteiger partial charge on any atom is 0.344 e. The number of nitrogens with one attached hydrogen (secondary N) is 1. The van der Waals surface area contributed by atoms with Gasteiger partial charge in [0.05, 0.1) is 14.2 Å². The van der Waals surface area contributed by atoms with E-state index in [-0.39, 0.29) is 19.1 Å². The molecule has 1 heterocycles. The van der Waals surface area contributed by atoms with Crippen LogP contribution in [0.5, 0.6) is 17.4 Å². The summed E-state index contributed by atoms with van der Waals surface area (Å²) in [6.07, 6.45) is 0.592. The molecule has 27 heavy (non-hydrogen) atoms. The average molecular weight is 378 g/mol. The molecule has 0 spiro atoms. The Hall–Kier alpha value is -3.23. The van der Waals surface area contributed by atoms with E-state index in [1.165, 1.54) is 6.07 Å². The van der Waals surface area contributed by atoms with Gasteiger partial charge in [-0.25, -0.2) is 4.79 Å². The van der Waals surface area contributed by atoms with Crippen LogP contribution < -0.4 is 19.5 Å². The lowest BCUT2D eigenvalue weighted by Crippen LogP contribution is -2.31. The van der Waals surface area contributed by atoms with Crippen molar-refractivity contribution in [2.75, 3.05) is 34.0 Å². The first kappa shape index (κ1) is 20.1. The second kappa shape index (κ2) is 10.0. The molecule has 9 heteroatoms. The zero-order valence-electron chi connectivity index (χ0n) is 15.4. The van der Waals surface area contributed by atoms with Crippen molar-refractivity contribution in [3.05, 3.63) is 35.6 Å². The SMILES string of the molecule is COc1ccc(CCNC(=O)COC(=O)COc2cc(C)on2)cc1OC. The van der Waals surface area contributed by atoms with Crippen molar-refractivity contribution in [3.63, 3.8) is 0 Å². The number of aryl methyl sites for hydroxylation is 1. The lowest BCUT2D eigenvalue weighted by Gasteiger charge is -2.10. The monoisotopic (exact) mass is 378 g/mol. The summed E-state index contributed by atoms with van der Waals surface area (Å²) in [7, 11) is 3.13. The number of benzene rings is 1. The van der Waals surface area contributed by atoms with Crippen LogP contribution in [0, 0.1) is 6.92 Å². The number of amides is 1. The van der Waals surface area contributed by atoms with Crippen LogP contribution in [0.4, 0.5) is 0 Å². The highest BCUT2D eigenvalue weighted by Gasteiger charge is 2.10. The molecule has 2 rings (SSSR count). The fourth-order valence-corrected chi connectivity index (χ4v) is 2.17. The molecule has 1 aromatic carbocycles. The zero-order valence-corrected chi connectivity index (χ0v) is 15.4. The first-order valence-electron chi connectivity index (χ1n) is 8.21. The van der Waals surface area contributed by atoms with Crippen LogP contribution in [0.3, 0.4) is 0 Å². The maximum absolute atomic E-state index is 11.7. The minimum Gasteiger partial charge on any atom is -0.493 e. The summed E-state index contributed by atoms with van der Waals surface area (Å²) in [6.45, 7) is 1.35. The Kier molecular flexibility index (Phi) is 7.48. The van der Waals surface area contributed by atoms with E-state index in [4.69, 9.17) is 23.5 Å². The van der Waals surface area contributed by atoms with Gasteiger partial charge in [-0.15, -0.1) is 0 Å². The van der Waals surface area contributed by atoms with Crippen LogP contribution in [-0.2, 0) is 20.7 Å². The predicted molar refractivity (Wildman–Crippen MR) is 94.0 cm³/mol. The second-order valence-electron chi connectivity index (χ2n) is 5.51. The molecule has 0 atom stereocenters. The van der Waals surface area contributed by atoms with Gasteiger partial charge in [0.25, 0.3) is 11.8 Å². The zero-order chi connectivity index (χ0) is 19.6. The van der Waals surface area contributed by atoms with Crippen molar-refractivity contribution in [3.8, 4) is 17.4 Å². The van der Waals surface area contributed by atoms with Gasteiger partial charge in [-0.2, -0.15) is 0 Å². The van der Waals surface area contributed by atoms with Crippen LogP contribution in [0.15, 0.2) is 28.8 Å². The molecule has 1 aromatic heterocycles. The number of ether oxygens (including phenoxy) is 4. The van der Waals surface area contributed by atoms with E-state index in [1.54, 1.807) is 27.2 Å². The minimum absolute atomic E-state index is 0.184. The van der Waals surface area contributed by atoms with Crippen molar-refractivity contribution >= 4 is 11.9 Å². The van der Waals surface area contributed by atoms with Crippen molar-refractivity contribution in [2.45, 2.75) is 13.3 Å². The molecule has 0 bridgehead atoms. The maximum atomic E-state index is 11.7. The van der Waals surface area contributed by atoms with Crippen molar-refractivity contribution in [1.82, 2.24) is 10.5 Å². The Labute approximate surface area is 156 Å². The highest BCUT2D eigenvalue weighted by molar-refractivity contribution is 5.80. The van der Waals surface area contributed by atoms with Crippen LogP contribution in [-0.4, -0.2) is 51.0 Å². The number of esters is 1. The van der Waals surface area contributed by atoms with Crippen LogP contribution >= 0.6 is 0 Å². The average Bonchev–Trinajstić information content (AvgIpc) is 3.09. The normalized spacial score (nSPS) is 10.2. The number of aromatic nitrogens is 1. The Bertz CT molecular complexity index is 773. The van der Waals surface area contributed by atoms with E-state index in [1.807, 2.05) is 12.1 Å². The molecule has 9 nitrogen and oxygen atoms in total. The van der Waals surface area contributed by atoms with E-state index < -0.39 is 11.9 Å². The van der Waals surface area contributed by atoms with Crippen LogP contribution in [0.2, 0.25) is 0 Å². The van der Waals surface area contributed by atoms with Gasteiger partial charge in [0, 0.05) is 12.6 Å². The first-order chi connectivity index (χ1) is 13.0. The van der Waals surface area contributed by atoms with Gasteiger partial charge in [-0.05, 0) is 36.2 Å². The molecule has 2 aromatic rings. The quantitative estimate of drug-likeness (QED) is 0.616. The third kappa shape index (κ3) is 6.53. The van der Waals surface area contributed by atoms with Gasteiger partial charge < -0.3 is 28.8 Å². The topological polar surface area (TPSA) is 109 Å². The fourth-order valence-electron chi connectivity index (χ4n) is 2.17. The van der Waals surface area contributed by atoms with Gasteiger partial charge in [0.2, 0.25) is 0 Å². The summed E-state index contributed by atoms with van der Waals surface area (Å²) in [4.78, 5) is 23.3. The Balaban J connectivity index is 1.65. The summed E-state index contributed by atoms with van der Waals surface area (Å²) in [5.41, 5.74) is 0.973. The molecule has 0 saturated carbocycles. The van der Waals surface area contributed by atoms with Crippen molar-refractivity contribution < 1.29 is 33.1 Å². The number of rotatable bonds is 10. The van der Waals surface area contributed by atoms with E-state index in [0.29, 0.717) is 30.2 Å². The molecular formula is C18H22N2O7. The molecule has 0 radical (unpaired) electrons. The molecule has 0 aliphatic carbocycles. The van der Waals surface area contributed by atoms with Crippen LogP contribution in [0.25, 0.3) is 0 Å². The highest BCUT2D eigenvalue weighted by atomic mass is 16.6. The largest absolute Gasteiger partial charge is 0.493 e. The summed E-state index contributed by atoms with van der Waals surface area (Å²) < 4.78 is 25.1. The van der Waals surface area contributed by atoms with Crippen molar-refractivity contribution in [1.29, 1.82) is 0 Å². The molecular weight excluding hydrogens is 356 g/mol. The van der Waals surface area contributed by atoms with Gasteiger partial charge in [-0.3, -0.25) is 4.79 Å².